The van der Waals surface area contributed by atoms with Crippen molar-refractivity contribution in [2.75, 3.05) is 58.9 Å². The van der Waals surface area contributed by atoms with Gasteiger partial charge >= 0.3 is 0 Å². The van der Waals surface area contributed by atoms with E-state index in [0.29, 0.717) is 17.7 Å². The van der Waals surface area contributed by atoms with Crippen molar-refractivity contribution >= 4 is 41.8 Å². The lowest BCUT2D eigenvalue weighted by Crippen LogP contribution is -2.51. The molecule has 2 aliphatic heterocycles. The molecule has 9 heteroatoms. The fraction of sp³-hybridized carbons (Fsp3) is 0.875. The largest absolute Gasteiger partial charge is 0.357 e. The van der Waals surface area contributed by atoms with Gasteiger partial charge in [-0.3, -0.25) is 19.5 Å². The molecule has 0 radical (unpaired) electrons. The van der Waals surface area contributed by atoms with E-state index < -0.39 is 0 Å². The molecule has 0 aromatic carbocycles. The molecule has 188 valence electrons. The van der Waals surface area contributed by atoms with Gasteiger partial charge in [-0.05, 0) is 39.0 Å². The lowest BCUT2D eigenvalue weighted by molar-refractivity contribution is -0.140. The second-order valence-corrected chi connectivity index (χ2v) is 9.95. The molecule has 0 aromatic heterocycles. The Morgan fingerprint density at radius 3 is 2.09 bits per heavy atom. The van der Waals surface area contributed by atoms with Gasteiger partial charge in [0.1, 0.15) is 0 Å². The summed E-state index contributed by atoms with van der Waals surface area (Å²) in [5.74, 6) is 2.17. The highest BCUT2D eigenvalue weighted by Gasteiger charge is 2.33. The van der Waals surface area contributed by atoms with Crippen LogP contribution in [0.25, 0.3) is 0 Å². The van der Waals surface area contributed by atoms with Crippen LogP contribution in [0.3, 0.4) is 0 Å². The summed E-state index contributed by atoms with van der Waals surface area (Å²) in [6.45, 7) is 9.80. The summed E-state index contributed by atoms with van der Waals surface area (Å²) >= 11 is 0. The van der Waals surface area contributed by atoms with Crippen LogP contribution < -0.4 is 10.6 Å². The first-order valence-electron chi connectivity index (χ1n) is 13.0. The van der Waals surface area contributed by atoms with Gasteiger partial charge in [0, 0.05) is 70.2 Å². The molecule has 2 aliphatic carbocycles. The van der Waals surface area contributed by atoms with Gasteiger partial charge in [0.25, 0.3) is 0 Å². The smallest absolute Gasteiger partial charge is 0.225 e. The predicted molar refractivity (Wildman–Crippen MR) is 142 cm³/mol. The van der Waals surface area contributed by atoms with E-state index in [1.54, 1.807) is 0 Å². The highest BCUT2D eigenvalue weighted by Crippen LogP contribution is 2.29. The zero-order valence-corrected chi connectivity index (χ0v) is 22.6. The fourth-order valence-corrected chi connectivity index (χ4v) is 5.43. The van der Waals surface area contributed by atoms with Crippen LogP contribution in [-0.4, -0.2) is 97.4 Å². The van der Waals surface area contributed by atoms with Crippen LogP contribution in [0.15, 0.2) is 4.99 Å². The molecule has 0 bridgehead atoms. The van der Waals surface area contributed by atoms with Gasteiger partial charge in [-0.15, -0.1) is 24.0 Å². The average molecular weight is 575 g/mol. The third-order valence-electron chi connectivity index (χ3n) is 7.71. The Balaban J connectivity index is 0.00000306. The third-order valence-corrected chi connectivity index (χ3v) is 7.71. The number of nitrogens with one attached hydrogen (secondary N) is 2. The van der Waals surface area contributed by atoms with Gasteiger partial charge in [0.05, 0.1) is 6.54 Å². The number of hydrogen-bond donors (Lipinski definition) is 2. The number of guanidine groups is 1. The van der Waals surface area contributed by atoms with E-state index in [9.17, 15) is 9.59 Å². The number of nitrogens with zero attached hydrogens (tertiary/aromatic N) is 4. The van der Waals surface area contributed by atoms with Crippen molar-refractivity contribution in [1.29, 1.82) is 0 Å². The fourth-order valence-electron chi connectivity index (χ4n) is 5.43. The van der Waals surface area contributed by atoms with E-state index in [1.807, 2.05) is 0 Å². The van der Waals surface area contributed by atoms with E-state index in [2.05, 4.69) is 32.3 Å². The van der Waals surface area contributed by atoms with Crippen molar-refractivity contribution < 1.29 is 9.59 Å². The molecule has 2 heterocycles. The molecule has 0 spiro atoms. The first kappa shape index (κ1) is 26.5. The molecule has 1 atom stereocenters. The Kier molecular flexibility index (Phi) is 10.5. The summed E-state index contributed by atoms with van der Waals surface area (Å²) in [6, 6.07) is 0.277. The highest BCUT2D eigenvalue weighted by atomic mass is 127. The number of hydrogen-bond acceptors (Lipinski definition) is 4. The quantitative estimate of drug-likeness (QED) is 0.276. The van der Waals surface area contributed by atoms with Crippen molar-refractivity contribution in [2.24, 2.45) is 16.8 Å². The van der Waals surface area contributed by atoms with E-state index in [-0.39, 0.29) is 35.9 Å². The van der Waals surface area contributed by atoms with Gasteiger partial charge in [-0.25, -0.2) is 0 Å². The van der Waals surface area contributed by atoms with Crippen LogP contribution in [0.2, 0.25) is 0 Å². The van der Waals surface area contributed by atoms with Crippen LogP contribution in [0.4, 0.5) is 0 Å². The van der Waals surface area contributed by atoms with Gasteiger partial charge < -0.3 is 20.4 Å². The SMILES string of the molecule is CCNC(=NCCN1CCN(C(=O)C2CCC2)CC1)NC1CCN(C(=O)C2CCCC2)C1.I. The lowest BCUT2D eigenvalue weighted by atomic mass is 9.84. The molecular formula is C24H43IN6O2. The molecule has 0 aromatic rings. The maximum absolute atomic E-state index is 12.7. The van der Waals surface area contributed by atoms with Gasteiger partial charge in [0.15, 0.2) is 5.96 Å². The normalized spacial score (nSPS) is 25.0. The summed E-state index contributed by atoms with van der Waals surface area (Å²) in [7, 11) is 0. The van der Waals surface area contributed by atoms with Crippen molar-refractivity contribution in [3.63, 3.8) is 0 Å². The number of carbonyl (C=O) groups excluding carboxylic acids is 2. The van der Waals surface area contributed by atoms with Gasteiger partial charge in [-0.1, -0.05) is 19.3 Å². The Morgan fingerprint density at radius 1 is 0.848 bits per heavy atom. The zero-order valence-electron chi connectivity index (χ0n) is 20.3. The third kappa shape index (κ3) is 7.19. The summed E-state index contributed by atoms with van der Waals surface area (Å²) < 4.78 is 0. The van der Waals surface area contributed by atoms with Crippen molar-refractivity contribution in [2.45, 2.75) is 64.3 Å². The standard InChI is InChI=1S/C24H42N6O2.HI/c1-2-25-24(27-21-10-12-30(18-21)23(32)19-6-3-4-7-19)26-11-13-28-14-16-29(17-15-28)22(31)20-8-5-9-20;/h19-21H,2-18H2,1H3,(H2,25,26,27);1H. The lowest BCUT2D eigenvalue weighted by Gasteiger charge is -2.38. The topological polar surface area (TPSA) is 80.3 Å². The van der Waals surface area contributed by atoms with Crippen molar-refractivity contribution in [3.05, 3.63) is 0 Å². The van der Waals surface area contributed by atoms with Crippen LogP contribution in [-0.2, 0) is 9.59 Å². The van der Waals surface area contributed by atoms with Crippen LogP contribution in [0, 0.1) is 11.8 Å². The maximum Gasteiger partial charge on any atom is 0.225 e. The van der Waals surface area contributed by atoms with E-state index in [0.717, 1.165) is 97.0 Å². The highest BCUT2D eigenvalue weighted by molar-refractivity contribution is 14.0. The first-order valence-corrected chi connectivity index (χ1v) is 13.0. The minimum atomic E-state index is 0. The Hall–Kier alpha value is -1.10. The number of aliphatic imine (C=N–C) groups is 1. The Labute approximate surface area is 216 Å². The molecule has 4 fully saturated rings. The summed E-state index contributed by atoms with van der Waals surface area (Å²) in [6.07, 6.45) is 8.92. The molecule has 2 N–H and O–H groups in total. The average Bonchev–Trinajstić information content (AvgIpc) is 3.45. The summed E-state index contributed by atoms with van der Waals surface area (Å²) in [5, 5.41) is 6.91. The molecule has 4 aliphatic rings. The van der Waals surface area contributed by atoms with Gasteiger partial charge in [0.2, 0.25) is 11.8 Å². The number of piperazine rings is 1. The van der Waals surface area contributed by atoms with Crippen LogP contribution in [0.5, 0.6) is 0 Å². The van der Waals surface area contributed by atoms with Crippen LogP contribution in [0.1, 0.15) is 58.3 Å². The monoisotopic (exact) mass is 574 g/mol. The van der Waals surface area contributed by atoms with E-state index in [1.165, 1.54) is 19.3 Å². The Morgan fingerprint density at radius 2 is 1.48 bits per heavy atom. The number of halogens is 1. The second kappa shape index (κ2) is 13.1. The minimum absolute atomic E-state index is 0. The number of amides is 2. The summed E-state index contributed by atoms with van der Waals surface area (Å²) in [5.41, 5.74) is 0. The van der Waals surface area contributed by atoms with Crippen molar-refractivity contribution in [1.82, 2.24) is 25.3 Å². The zero-order chi connectivity index (χ0) is 22.3. The predicted octanol–water partition coefficient (Wildman–Crippen LogP) is 1.89. The molecule has 1 unspecified atom stereocenters. The van der Waals surface area contributed by atoms with E-state index in [4.69, 9.17) is 4.99 Å². The van der Waals surface area contributed by atoms with Crippen LogP contribution >= 0.6 is 24.0 Å². The number of carbonyl (C=O) groups is 2. The molecular weight excluding hydrogens is 531 g/mol. The maximum atomic E-state index is 12.7. The first-order chi connectivity index (χ1) is 15.6. The molecule has 4 rings (SSSR count). The second-order valence-electron chi connectivity index (χ2n) is 9.95. The number of rotatable bonds is 7. The molecule has 2 amide bonds. The van der Waals surface area contributed by atoms with Gasteiger partial charge in [-0.2, -0.15) is 0 Å². The molecule has 8 nitrogen and oxygen atoms in total. The minimum Gasteiger partial charge on any atom is -0.357 e. The van der Waals surface area contributed by atoms with Crippen molar-refractivity contribution in [3.8, 4) is 0 Å². The Bertz CT molecular complexity index is 672. The molecule has 33 heavy (non-hydrogen) atoms. The molecule has 2 saturated heterocycles. The molecule has 2 saturated carbocycles. The summed E-state index contributed by atoms with van der Waals surface area (Å²) in [4.78, 5) is 36.4. The number of likely N-dealkylation sites (tertiary alicyclic amines) is 1. The van der Waals surface area contributed by atoms with E-state index >= 15 is 0 Å².